The average Bonchev–Trinajstić information content (AvgIpc) is 3.09. The molecule has 21 heavy (non-hydrogen) atoms. The van der Waals surface area contributed by atoms with E-state index in [0.717, 1.165) is 37.1 Å². The van der Waals surface area contributed by atoms with Crippen LogP contribution in [0.5, 0.6) is 5.75 Å². The van der Waals surface area contributed by atoms with Gasteiger partial charge in [0.05, 0.1) is 12.7 Å². The van der Waals surface area contributed by atoms with Gasteiger partial charge in [-0.1, -0.05) is 36.4 Å². The second kappa shape index (κ2) is 6.00. The minimum absolute atomic E-state index is 0.0714. The van der Waals surface area contributed by atoms with Crippen molar-refractivity contribution in [3.05, 3.63) is 54.1 Å². The van der Waals surface area contributed by atoms with Crippen molar-refractivity contribution in [1.82, 2.24) is 4.90 Å². The van der Waals surface area contributed by atoms with Gasteiger partial charge >= 0.3 is 0 Å². The number of rotatable bonds is 3. The van der Waals surface area contributed by atoms with Crippen LogP contribution < -0.4 is 4.74 Å². The van der Waals surface area contributed by atoms with Crippen LogP contribution in [-0.2, 0) is 0 Å². The highest BCUT2D eigenvalue weighted by atomic mass is 16.5. The maximum absolute atomic E-state index is 12.7. The maximum atomic E-state index is 12.7. The van der Waals surface area contributed by atoms with Crippen molar-refractivity contribution in [2.45, 2.75) is 12.8 Å². The van der Waals surface area contributed by atoms with Crippen LogP contribution in [0.25, 0.3) is 11.1 Å². The predicted molar refractivity (Wildman–Crippen MR) is 83.6 cm³/mol. The number of benzene rings is 2. The molecule has 0 aliphatic carbocycles. The first-order valence-corrected chi connectivity index (χ1v) is 7.32. The van der Waals surface area contributed by atoms with Gasteiger partial charge in [-0.15, -0.1) is 0 Å². The molecule has 1 amide bonds. The number of methoxy groups -OCH3 is 1. The maximum Gasteiger partial charge on any atom is 0.257 e. The fraction of sp³-hybridized carbons (Fsp3) is 0.278. The lowest BCUT2D eigenvalue weighted by Crippen LogP contribution is -2.28. The first kappa shape index (κ1) is 13.7. The summed E-state index contributed by atoms with van der Waals surface area (Å²) in [5.41, 5.74) is 2.80. The van der Waals surface area contributed by atoms with E-state index in [4.69, 9.17) is 4.74 Å². The molecule has 2 aromatic carbocycles. The van der Waals surface area contributed by atoms with Crippen molar-refractivity contribution in [1.29, 1.82) is 0 Å². The van der Waals surface area contributed by atoms with Crippen molar-refractivity contribution < 1.29 is 9.53 Å². The molecular weight excluding hydrogens is 262 g/mol. The van der Waals surface area contributed by atoms with E-state index in [2.05, 4.69) is 0 Å². The van der Waals surface area contributed by atoms with Gasteiger partial charge in [0.15, 0.2) is 0 Å². The molecule has 0 unspecified atom stereocenters. The second-order valence-electron chi connectivity index (χ2n) is 5.28. The number of carbonyl (C=O) groups is 1. The third-order valence-electron chi connectivity index (χ3n) is 3.93. The summed E-state index contributed by atoms with van der Waals surface area (Å²) >= 11 is 0. The highest BCUT2D eigenvalue weighted by molar-refractivity contribution is 5.98. The molecule has 1 aliphatic rings. The van der Waals surface area contributed by atoms with Crippen LogP contribution in [0.4, 0.5) is 0 Å². The Morgan fingerprint density at radius 2 is 1.71 bits per heavy atom. The lowest BCUT2D eigenvalue weighted by atomic mass is 10.0. The van der Waals surface area contributed by atoms with E-state index in [1.54, 1.807) is 7.11 Å². The summed E-state index contributed by atoms with van der Waals surface area (Å²) < 4.78 is 5.37. The Balaban J connectivity index is 1.99. The van der Waals surface area contributed by atoms with Gasteiger partial charge < -0.3 is 9.64 Å². The number of carbonyl (C=O) groups excluding carboxylic acids is 1. The van der Waals surface area contributed by atoms with Gasteiger partial charge in [-0.3, -0.25) is 4.79 Å². The van der Waals surface area contributed by atoms with Crippen LogP contribution in [0.3, 0.4) is 0 Å². The molecule has 3 rings (SSSR count). The van der Waals surface area contributed by atoms with Gasteiger partial charge in [-0.2, -0.15) is 0 Å². The monoisotopic (exact) mass is 281 g/mol. The summed E-state index contributed by atoms with van der Waals surface area (Å²) in [6, 6.07) is 15.9. The minimum atomic E-state index is 0.0714. The van der Waals surface area contributed by atoms with Gasteiger partial charge in [0, 0.05) is 13.1 Å². The molecule has 1 heterocycles. The zero-order chi connectivity index (χ0) is 14.7. The van der Waals surface area contributed by atoms with Crippen LogP contribution >= 0.6 is 0 Å². The number of ether oxygens (including phenoxy) is 1. The van der Waals surface area contributed by atoms with Gasteiger partial charge in [0.2, 0.25) is 0 Å². The predicted octanol–water partition coefficient (Wildman–Crippen LogP) is 3.60. The van der Waals surface area contributed by atoms with Gasteiger partial charge in [-0.25, -0.2) is 0 Å². The molecule has 0 aromatic heterocycles. The fourth-order valence-corrected chi connectivity index (χ4v) is 2.78. The molecule has 0 spiro atoms. The molecule has 108 valence electrons. The Morgan fingerprint density at radius 3 is 2.38 bits per heavy atom. The van der Waals surface area contributed by atoms with Gasteiger partial charge in [-0.05, 0) is 36.1 Å². The molecule has 0 saturated carbocycles. The van der Waals surface area contributed by atoms with Gasteiger partial charge in [0.25, 0.3) is 5.91 Å². The highest BCUT2D eigenvalue weighted by Crippen LogP contribution is 2.28. The zero-order valence-corrected chi connectivity index (χ0v) is 12.2. The summed E-state index contributed by atoms with van der Waals surface area (Å²) in [7, 11) is 1.61. The molecule has 0 bridgehead atoms. The topological polar surface area (TPSA) is 29.5 Å². The summed E-state index contributed by atoms with van der Waals surface area (Å²) in [6.45, 7) is 1.69. The smallest absolute Gasteiger partial charge is 0.257 e. The largest absolute Gasteiger partial charge is 0.496 e. The molecule has 0 radical (unpaired) electrons. The second-order valence-corrected chi connectivity index (χ2v) is 5.28. The number of hydrogen-bond acceptors (Lipinski definition) is 2. The van der Waals surface area contributed by atoms with Crippen molar-refractivity contribution in [2.24, 2.45) is 0 Å². The molecule has 3 nitrogen and oxygen atoms in total. The SMILES string of the molecule is COc1ccc(-c2ccccc2)cc1C(=O)N1CCCC1. The van der Waals surface area contributed by atoms with E-state index in [1.165, 1.54) is 0 Å². The zero-order valence-electron chi connectivity index (χ0n) is 12.2. The molecule has 1 aliphatic heterocycles. The van der Waals surface area contributed by atoms with Crippen molar-refractivity contribution in [2.75, 3.05) is 20.2 Å². The minimum Gasteiger partial charge on any atom is -0.496 e. The number of likely N-dealkylation sites (tertiary alicyclic amines) is 1. The Bertz CT molecular complexity index is 631. The van der Waals surface area contributed by atoms with E-state index in [1.807, 2.05) is 53.4 Å². The van der Waals surface area contributed by atoms with E-state index >= 15 is 0 Å². The van der Waals surface area contributed by atoms with Crippen LogP contribution in [0.1, 0.15) is 23.2 Å². The quantitative estimate of drug-likeness (QED) is 0.860. The molecular formula is C18H19NO2. The Hall–Kier alpha value is -2.29. The van der Waals surface area contributed by atoms with Crippen molar-refractivity contribution >= 4 is 5.91 Å². The lowest BCUT2D eigenvalue weighted by Gasteiger charge is -2.18. The van der Waals surface area contributed by atoms with Crippen LogP contribution in [-0.4, -0.2) is 31.0 Å². The summed E-state index contributed by atoms with van der Waals surface area (Å²) in [4.78, 5) is 14.6. The molecule has 1 saturated heterocycles. The van der Waals surface area contributed by atoms with E-state index < -0.39 is 0 Å². The Kier molecular flexibility index (Phi) is 3.91. The number of nitrogens with zero attached hydrogens (tertiary/aromatic N) is 1. The normalized spacial score (nSPS) is 14.2. The fourth-order valence-electron chi connectivity index (χ4n) is 2.78. The lowest BCUT2D eigenvalue weighted by molar-refractivity contribution is 0.0789. The van der Waals surface area contributed by atoms with Crippen LogP contribution in [0.2, 0.25) is 0 Å². The summed E-state index contributed by atoms with van der Waals surface area (Å²) in [5, 5.41) is 0. The molecule has 0 atom stereocenters. The summed E-state index contributed by atoms with van der Waals surface area (Å²) in [6.07, 6.45) is 2.18. The number of hydrogen-bond donors (Lipinski definition) is 0. The highest BCUT2D eigenvalue weighted by Gasteiger charge is 2.22. The first-order valence-electron chi connectivity index (χ1n) is 7.32. The van der Waals surface area contributed by atoms with E-state index in [9.17, 15) is 4.79 Å². The third kappa shape index (κ3) is 2.77. The molecule has 2 aromatic rings. The standard InChI is InChI=1S/C18H19NO2/c1-21-17-10-9-15(14-7-3-2-4-8-14)13-16(17)18(20)19-11-5-6-12-19/h2-4,7-10,13H,5-6,11-12H2,1H3. The van der Waals surface area contributed by atoms with E-state index in [0.29, 0.717) is 11.3 Å². The van der Waals surface area contributed by atoms with Gasteiger partial charge in [0.1, 0.15) is 5.75 Å². The van der Waals surface area contributed by atoms with Crippen molar-refractivity contribution in [3.8, 4) is 16.9 Å². The third-order valence-corrected chi connectivity index (χ3v) is 3.93. The Labute approximate surface area is 125 Å². The molecule has 1 fully saturated rings. The van der Waals surface area contributed by atoms with Crippen LogP contribution in [0.15, 0.2) is 48.5 Å². The Morgan fingerprint density at radius 1 is 1.00 bits per heavy atom. The average molecular weight is 281 g/mol. The van der Waals surface area contributed by atoms with Crippen LogP contribution in [0, 0.1) is 0 Å². The molecule has 0 N–H and O–H groups in total. The van der Waals surface area contributed by atoms with Crippen molar-refractivity contribution in [3.63, 3.8) is 0 Å². The van der Waals surface area contributed by atoms with E-state index in [-0.39, 0.29) is 5.91 Å². The summed E-state index contributed by atoms with van der Waals surface area (Å²) in [5.74, 6) is 0.716. The number of amides is 1. The first-order chi connectivity index (χ1) is 10.3. The molecule has 3 heteroatoms.